The maximum atomic E-state index is 12.8. The Morgan fingerprint density at radius 2 is 1.65 bits per heavy atom. The van der Waals surface area contributed by atoms with Gasteiger partial charge in [0.05, 0.1) is 16.9 Å². The molecule has 0 atom stereocenters. The molecule has 0 N–H and O–H groups in total. The van der Waals surface area contributed by atoms with Gasteiger partial charge in [-0.15, -0.1) is 5.10 Å². The van der Waals surface area contributed by atoms with E-state index < -0.39 is 0 Å². The summed E-state index contributed by atoms with van der Waals surface area (Å²) < 4.78 is 3.13. The van der Waals surface area contributed by atoms with E-state index in [0.29, 0.717) is 11.0 Å². The van der Waals surface area contributed by atoms with Crippen molar-refractivity contribution in [1.82, 2.24) is 24.8 Å². The number of fused-ring (bicyclic) bond motifs is 1. The smallest absolute Gasteiger partial charge is 0.267 e. The summed E-state index contributed by atoms with van der Waals surface area (Å²) in [5, 5.41) is 12.8. The van der Waals surface area contributed by atoms with Crippen LogP contribution in [0.25, 0.3) is 34.1 Å². The molecule has 6 nitrogen and oxygen atoms in total. The Kier molecular flexibility index (Phi) is 4.72. The first-order valence-electron chi connectivity index (χ1n) is 9.94. The van der Waals surface area contributed by atoms with Gasteiger partial charge in [0.2, 0.25) is 0 Å². The molecule has 5 aromatic rings. The zero-order valence-corrected chi connectivity index (χ0v) is 16.9. The summed E-state index contributed by atoms with van der Waals surface area (Å²) in [7, 11) is 0. The van der Waals surface area contributed by atoms with Crippen LogP contribution in [-0.4, -0.2) is 30.7 Å². The van der Waals surface area contributed by atoms with Crippen molar-refractivity contribution >= 4 is 23.0 Å². The Labute approximate surface area is 179 Å². The van der Waals surface area contributed by atoms with E-state index >= 15 is 0 Å². The number of aryl methyl sites for hydroxylation is 1. The van der Waals surface area contributed by atoms with E-state index in [2.05, 4.69) is 22.4 Å². The molecule has 0 saturated carbocycles. The second-order valence-corrected chi connectivity index (χ2v) is 7.24. The number of para-hydroxylation sites is 2. The van der Waals surface area contributed by atoms with Crippen molar-refractivity contribution < 1.29 is 4.79 Å². The summed E-state index contributed by atoms with van der Waals surface area (Å²) >= 11 is 0. The fraction of sp³-hybridized carbons (Fsp3) is 0.0400. The summed E-state index contributed by atoms with van der Waals surface area (Å²) in [5.74, 6) is -0.268. The number of benzene rings is 3. The lowest BCUT2D eigenvalue weighted by molar-refractivity contribution is 0.0958. The number of carbonyl (C=O) groups excluding carboxylic acids is 1. The zero-order chi connectivity index (χ0) is 21.2. The van der Waals surface area contributed by atoms with Crippen LogP contribution in [0.2, 0.25) is 0 Å². The third-order valence-electron chi connectivity index (χ3n) is 5.05. The molecule has 0 aliphatic heterocycles. The van der Waals surface area contributed by atoms with Crippen molar-refractivity contribution in [3.63, 3.8) is 0 Å². The SMILES string of the molecule is Cc1ccc(-c2nn(-c3ccccc3)cc2/C=C/C(=O)n2nnc3ccccc32)cc1. The minimum absolute atomic E-state index is 0.268. The molecule has 0 amide bonds. The molecular formula is C25H19N5O. The second kappa shape index (κ2) is 7.84. The molecule has 2 aromatic heterocycles. The van der Waals surface area contributed by atoms with Crippen LogP contribution in [0.4, 0.5) is 0 Å². The van der Waals surface area contributed by atoms with E-state index in [-0.39, 0.29) is 5.91 Å². The lowest BCUT2D eigenvalue weighted by Gasteiger charge is -2.01. The number of hydrogen-bond donors (Lipinski definition) is 0. The molecule has 0 spiro atoms. The molecule has 2 heterocycles. The van der Waals surface area contributed by atoms with Crippen LogP contribution in [0.1, 0.15) is 15.9 Å². The third kappa shape index (κ3) is 3.67. The third-order valence-corrected chi connectivity index (χ3v) is 5.05. The fourth-order valence-corrected chi connectivity index (χ4v) is 3.42. The van der Waals surface area contributed by atoms with Crippen molar-refractivity contribution in [2.24, 2.45) is 0 Å². The van der Waals surface area contributed by atoms with E-state index in [9.17, 15) is 4.79 Å². The highest BCUT2D eigenvalue weighted by molar-refractivity contribution is 5.98. The molecule has 0 unspecified atom stereocenters. The molecule has 0 aliphatic rings. The van der Waals surface area contributed by atoms with Gasteiger partial charge in [0.25, 0.3) is 5.91 Å². The molecule has 0 aliphatic carbocycles. The topological polar surface area (TPSA) is 65.6 Å². The van der Waals surface area contributed by atoms with Gasteiger partial charge in [-0.25, -0.2) is 4.68 Å². The monoisotopic (exact) mass is 405 g/mol. The Bertz CT molecular complexity index is 1400. The first kappa shape index (κ1) is 18.7. The summed E-state index contributed by atoms with van der Waals surface area (Å²) in [5.41, 5.74) is 6.11. The molecule has 0 bridgehead atoms. The zero-order valence-electron chi connectivity index (χ0n) is 16.9. The Morgan fingerprint density at radius 3 is 2.45 bits per heavy atom. The number of nitrogens with zero attached hydrogens (tertiary/aromatic N) is 5. The lowest BCUT2D eigenvalue weighted by atomic mass is 10.1. The van der Waals surface area contributed by atoms with Crippen molar-refractivity contribution in [2.75, 3.05) is 0 Å². The molecule has 150 valence electrons. The minimum Gasteiger partial charge on any atom is -0.267 e. The molecular weight excluding hydrogens is 386 g/mol. The predicted molar refractivity (Wildman–Crippen MR) is 121 cm³/mol. The molecule has 31 heavy (non-hydrogen) atoms. The predicted octanol–water partition coefficient (Wildman–Crippen LogP) is 4.95. The summed E-state index contributed by atoms with van der Waals surface area (Å²) in [6.45, 7) is 2.05. The quantitative estimate of drug-likeness (QED) is 0.397. The van der Waals surface area contributed by atoms with E-state index in [1.165, 1.54) is 16.3 Å². The molecule has 6 heteroatoms. The molecule has 0 saturated heterocycles. The number of hydrogen-bond acceptors (Lipinski definition) is 4. The van der Waals surface area contributed by atoms with Crippen LogP contribution in [0.15, 0.2) is 91.1 Å². The number of carbonyl (C=O) groups is 1. The van der Waals surface area contributed by atoms with Crippen molar-refractivity contribution in [3.8, 4) is 16.9 Å². The molecule has 0 radical (unpaired) electrons. The van der Waals surface area contributed by atoms with Gasteiger partial charge < -0.3 is 0 Å². The van der Waals surface area contributed by atoms with Crippen LogP contribution in [-0.2, 0) is 0 Å². The number of allylic oxidation sites excluding steroid dienone is 1. The number of rotatable bonds is 4. The lowest BCUT2D eigenvalue weighted by Crippen LogP contribution is -2.08. The standard InChI is InChI=1S/C25H19N5O/c1-18-11-13-19(14-12-18)25-20(17-29(27-25)21-7-3-2-4-8-21)15-16-24(31)30-23-10-6-5-9-22(23)26-28-30/h2-17H,1H3/b16-15+. The highest BCUT2D eigenvalue weighted by atomic mass is 16.2. The average molecular weight is 405 g/mol. The van der Waals surface area contributed by atoms with E-state index in [4.69, 9.17) is 5.10 Å². The summed E-state index contributed by atoms with van der Waals surface area (Å²) in [6, 6.07) is 25.5. The first-order valence-corrected chi connectivity index (χ1v) is 9.94. The van der Waals surface area contributed by atoms with Crippen LogP contribution in [0, 0.1) is 6.92 Å². The Hall–Kier alpha value is -4.32. The average Bonchev–Trinajstić information content (AvgIpc) is 3.43. The van der Waals surface area contributed by atoms with Crippen LogP contribution in [0.3, 0.4) is 0 Å². The van der Waals surface area contributed by atoms with E-state index in [1.54, 1.807) is 6.08 Å². The van der Waals surface area contributed by atoms with Gasteiger partial charge in [0, 0.05) is 23.4 Å². The normalized spacial score (nSPS) is 11.4. The van der Waals surface area contributed by atoms with Crippen molar-refractivity contribution in [2.45, 2.75) is 6.92 Å². The second-order valence-electron chi connectivity index (χ2n) is 7.24. The van der Waals surface area contributed by atoms with Gasteiger partial charge >= 0.3 is 0 Å². The van der Waals surface area contributed by atoms with Crippen molar-refractivity contribution in [3.05, 3.63) is 102 Å². The highest BCUT2D eigenvalue weighted by Gasteiger charge is 2.13. The largest absolute Gasteiger partial charge is 0.272 e. The van der Waals surface area contributed by atoms with Crippen molar-refractivity contribution in [1.29, 1.82) is 0 Å². The van der Waals surface area contributed by atoms with Gasteiger partial charge in [0.1, 0.15) is 5.52 Å². The van der Waals surface area contributed by atoms with Gasteiger partial charge in [-0.3, -0.25) is 4.79 Å². The number of aromatic nitrogens is 5. The van der Waals surface area contributed by atoms with Gasteiger partial charge in [-0.2, -0.15) is 9.78 Å². The molecule has 5 rings (SSSR count). The van der Waals surface area contributed by atoms with Gasteiger partial charge in [-0.05, 0) is 37.3 Å². The van der Waals surface area contributed by atoms with E-state index in [0.717, 1.165) is 22.5 Å². The fourth-order valence-electron chi connectivity index (χ4n) is 3.42. The molecule has 0 fully saturated rings. The van der Waals surface area contributed by atoms with Gasteiger partial charge in [-0.1, -0.05) is 65.4 Å². The Morgan fingerprint density at radius 1 is 0.903 bits per heavy atom. The summed E-state index contributed by atoms with van der Waals surface area (Å²) in [4.78, 5) is 12.8. The van der Waals surface area contributed by atoms with Crippen LogP contribution >= 0.6 is 0 Å². The van der Waals surface area contributed by atoms with Crippen LogP contribution < -0.4 is 0 Å². The summed E-state index contributed by atoms with van der Waals surface area (Å²) in [6.07, 6.45) is 5.21. The maximum absolute atomic E-state index is 12.8. The van der Waals surface area contributed by atoms with Gasteiger partial charge in [0.15, 0.2) is 0 Å². The minimum atomic E-state index is -0.268. The first-order chi connectivity index (χ1) is 15.2. The maximum Gasteiger partial charge on any atom is 0.272 e. The highest BCUT2D eigenvalue weighted by Crippen LogP contribution is 2.25. The molecule has 3 aromatic carbocycles. The van der Waals surface area contributed by atoms with E-state index in [1.807, 2.05) is 84.5 Å². The Balaban J connectivity index is 1.54. The van der Waals surface area contributed by atoms with Crippen LogP contribution in [0.5, 0.6) is 0 Å².